The molecule has 158 valence electrons. The standard InChI is InChI=1S/C23H18F2N2O3S/c1-15-3-2-4-20(9-15)31(29,30)27-23-13-17(5-7-18(23)14-26-27)11-19(28)10-16-6-8-21(24)22(25)12-16/h2-9,12-14H,10-11H2,1H3. The Morgan fingerprint density at radius 2 is 1.65 bits per heavy atom. The number of nitrogens with zero attached hydrogens (tertiary/aromatic N) is 2. The maximum atomic E-state index is 13.4. The van der Waals surface area contributed by atoms with E-state index in [1.165, 1.54) is 18.3 Å². The molecule has 0 radical (unpaired) electrons. The number of Topliss-reactive ketones (excluding diaryl/α,β-unsaturated/α-hetero) is 1. The van der Waals surface area contributed by atoms with Crippen molar-refractivity contribution in [1.29, 1.82) is 0 Å². The summed E-state index contributed by atoms with van der Waals surface area (Å²) >= 11 is 0. The smallest absolute Gasteiger partial charge is 0.283 e. The predicted molar refractivity (Wildman–Crippen MR) is 112 cm³/mol. The third-order valence-electron chi connectivity index (χ3n) is 4.90. The molecule has 1 aromatic heterocycles. The van der Waals surface area contributed by atoms with E-state index in [1.807, 2.05) is 0 Å². The summed E-state index contributed by atoms with van der Waals surface area (Å²) in [5.74, 6) is -2.18. The molecule has 4 rings (SSSR count). The van der Waals surface area contributed by atoms with Gasteiger partial charge in [-0.15, -0.1) is 0 Å². The fraction of sp³-hybridized carbons (Fsp3) is 0.130. The first kappa shape index (κ1) is 20.9. The number of aryl methyl sites for hydroxylation is 1. The number of halogens is 2. The predicted octanol–water partition coefficient (Wildman–Crippen LogP) is 4.21. The lowest BCUT2D eigenvalue weighted by molar-refractivity contribution is -0.117. The molecule has 1 heterocycles. The average Bonchev–Trinajstić information content (AvgIpc) is 3.15. The summed E-state index contributed by atoms with van der Waals surface area (Å²) in [7, 11) is -3.90. The van der Waals surface area contributed by atoms with E-state index in [2.05, 4.69) is 5.10 Å². The lowest BCUT2D eigenvalue weighted by Gasteiger charge is -2.08. The van der Waals surface area contributed by atoms with Crippen LogP contribution in [-0.2, 0) is 27.7 Å². The van der Waals surface area contributed by atoms with Crippen molar-refractivity contribution in [2.75, 3.05) is 0 Å². The van der Waals surface area contributed by atoms with Crippen molar-refractivity contribution in [1.82, 2.24) is 9.19 Å². The summed E-state index contributed by atoms with van der Waals surface area (Å²) < 4.78 is 53.5. The second-order valence-corrected chi connectivity index (χ2v) is 9.11. The van der Waals surface area contributed by atoms with Gasteiger partial charge < -0.3 is 0 Å². The van der Waals surface area contributed by atoms with Crippen LogP contribution in [0.1, 0.15) is 16.7 Å². The quantitative estimate of drug-likeness (QED) is 0.450. The Kier molecular flexibility index (Phi) is 5.41. The van der Waals surface area contributed by atoms with E-state index in [0.717, 1.165) is 21.8 Å². The Morgan fingerprint density at radius 3 is 2.35 bits per heavy atom. The molecule has 5 nitrogen and oxygen atoms in total. The van der Waals surface area contributed by atoms with E-state index in [-0.39, 0.29) is 23.5 Å². The van der Waals surface area contributed by atoms with Crippen molar-refractivity contribution >= 4 is 26.7 Å². The van der Waals surface area contributed by atoms with Gasteiger partial charge in [0, 0.05) is 18.2 Å². The molecule has 0 aliphatic carbocycles. The van der Waals surface area contributed by atoms with Gasteiger partial charge >= 0.3 is 0 Å². The number of rotatable bonds is 6. The highest BCUT2D eigenvalue weighted by molar-refractivity contribution is 7.90. The zero-order valence-corrected chi connectivity index (χ0v) is 17.4. The van der Waals surface area contributed by atoms with Gasteiger partial charge in [0.2, 0.25) is 0 Å². The topological polar surface area (TPSA) is 69.0 Å². The highest BCUT2D eigenvalue weighted by Crippen LogP contribution is 2.22. The van der Waals surface area contributed by atoms with Gasteiger partial charge in [-0.1, -0.05) is 30.3 Å². The average molecular weight is 440 g/mol. The monoisotopic (exact) mass is 440 g/mol. The first-order valence-electron chi connectivity index (χ1n) is 9.48. The molecule has 0 saturated heterocycles. The summed E-state index contributed by atoms with van der Waals surface area (Å²) in [6, 6.07) is 14.9. The SMILES string of the molecule is Cc1cccc(S(=O)(=O)n2ncc3ccc(CC(=O)Cc4ccc(F)c(F)c4)cc32)c1. The zero-order chi connectivity index (χ0) is 22.2. The molecule has 0 saturated carbocycles. The number of ketones is 1. The molecule has 0 unspecified atom stereocenters. The summed E-state index contributed by atoms with van der Waals surface area (Å²) in [6.45, 7) is 1.80. The molecule has 0 atom stereocenters. The second-order valence-electron chi connectivity index (χ2n) is 7.34. The lowest BCUT2D eigenvalue weighted by atomic mass is 10.0. The zero-order valence-electron chi connectivity index (χ0n) is 16.5. The van der Waals surface area contributed by atoms with E-state index >= 15 is 0 Å². The highest BCUT2D eigenvalue weighted by atomic mass is 32.2. The van der Waals surface area contributed by atoms with Crippen LogP contribution in [0.3, 0.4) is 0 Å². The Bertz CT molecular complexity index is 1410. The van der Waals surface area contributed by atoms with Crippen molar-refractivity contribution in [3.8, 4) is 0 Å². The van der Waals surface area contributed by atoms with Gasteiger partial charge in [0.05, 0.1) is 16.6 Å². The van der Waals surface area contributed by atoms with Gasteiger partial charge in [-0.05, 0) is 53.9 Å². The molecule has 8 heteroatoms. The lowest BCUT2D eigenvalue weighted by Crippen LogP contribution is -2.14. The highest BCUT2D eigenvalue weighted by Gasteiger charge is 2.21. The van der Waals surface area contributed by atoms with Crippen molar-refractivity contribution in [3.63, 3.8) is 0 Å². The number of benzene rings is 3. The van der Waals surface area contributed by atoms with Gasteiger partial charge in [0.15, 0.2) is 11.6 Å². The van der Waals surface area contributed by atoms with Crippen molar-refractivity contribution in [2.45, 2.75) is 24.7 Å². The van der Waals surface area contributed by atoms with Crippen LogP contribution >= 0.6 is 0 Å². The van der Waals surface area contributed by atoms with Crippen molar-refractivity contribution in [3.05, 3.63) is 95.2 Å². The van der Waals surface area contributed by atoms with Crippen LogP contribution in [-0.4, -0.2) is 23.4 Å². The van der Waals surface area contributed by atoms with Gasteiger partial charge in [-0.25, -0.2) is 8.78 Å². The molecule has 0 spiro atoms. The maximum absolute atomic E-state index is 13.4. The molecule has 3 aromatic carbocycles. The molecule has 0 aliphatic heterocycles. The van der Waals surface area contributed by atoms with E-state index < -0.39 is 21.7 Å². The fourth-order valence-corrected chi connectivity index (χ4v) is 4.76. The minimum atomic E-state index is -3.90. The number of hydrogen-bond acceptors (Lipinski definition) is 4. The van der Waals surface area contributed by atoms with Crippen LogP contribution in [0.5, 0.6) is 0 Å². The van der Waals surface area contributed by atoms with Crippen LogP contribution in [0.4, 0.5) is 8.78 Å². The van der Waals surface area contributed by atoms with E-state index in [9.17, 15) is 22.0 Å². The number of carbonyl (C=O) groups is 1. The Balaban J connectivity index is 1.62. The molecule has 0 fully saturated rings. The molecule has 31 heavy (non-hydrogen) atoms. The first-order valence-corrected chi connectivity index (χ1v) is 10.9. The maximum Gasteiger partial charge on any atom is 0.283 e. The third-order valence-corrected chi connectivity index (χ3v) is 6.50. The molecule has 0 N–H and O–H groups in total. The van der Waals surface area contributed by atoms with E-state index in [0.29, 0.717) is 22.0 Å². The van der Waals surface area contributed by atoms with Crippen LogP contribution in [0.2, 0.25) is 0 Å². The summed E-state index contributed by atoms with van der Waals surface area (Å²) in [5, 5.41) is 4.66. The number of aromatic nitrogens is 2. The summed E-state index contributed by atoms with van der Waals surface area (Å²) in [5.41, 5.74) is 2.14. The number of hydrogen-bond donors (Lipinski definition) is 0. The number of carbonyl (C=O) groups excluding carboxylic acids is 1. The van der Waals surface area contributed by atoms with Crippen LogP contribution in [0, 0.1) is 18.6 Å². The van der Waals surface area contributed by atoms with Gasteiger partial charge in [-0.3, -0.25) is 4.79 Å². The van der Waals surface area contributed by atoms with E-state index in [4.69, 9.17) is 0 Å². The minimum absolute atomic E-state index is 0.0185. The van der Waals surface area contributed by atoms with Crippen molar-refractivity contribution in [2.24, 2.45) is 0 Å². The Morgan fingerprint density at radius 1 is 0.935 bits per heavy atom. The summed E-state index contributed by atoms with van der Waals surface area (Å²) in [6.07, 6.45) is 1.41. The number of fused-ring (bicyclic) bond motifs is 1. The molecule has 4 aromatic rings. The first-order chi connectivity index (χ1) is 14.7. The Hall–Kier alpha value is -3.39. The molecule has 0 amide bonds. The summed E-state index contributed by atoms with van der Waals surface area (Å²) in [4.78, 5) is 12.6. The minimum Gasteiger partial charge on any atom is -0.299 e. The van der Waals surface area contributed by atoms with Crippen LogP contribution < -0.4 is 0 Å². The second kappa shape index (κ2) is 8.03. The van der Waals surface area contributed by atoms with Gasteiger partial charge in [-0.2, -0.15) is 17.6 Å². The molecule has 0 bridgehead atoms. The largest absolute Gasteiger partial charge is 0.299 e. The fourth-order valence-electron chi connectivity index (χ4n) is 3.39. The normalized spacial score (nSPS) is 11.7. The van der Waals surface area contributed by atoms with Crippen LogP contribution in [0.25, 0.3) is 10.9 Å². The van der Waals surface area contributed by atoms with Crippen LogP contribution in [0.15, 0.2) is 71.8 Å². The molecule has 0 aliphatic rings. The van der Waals surface area contributed by atoms with Gasteiger partial charge in [0.1, 0.15) is 5.78 Å². The van der Waals surface area contributed by atoms with E-state index in [1.54, 1.807) is 43.3 Å². The Labute approximate surface area is 178 Å². The van der Waals surface area contributed by atoms with Gasteiger partial charge in [0.25, 0.3) is 10.0 Å². The molecular weight excluding hydrogens is 422 g/mol. The molecular formula is C23H18F2N2O3S. The third kappa shape index (κ3) is 4.25. The van der Waals surface area contributed by atoms with Crippen molar-refractivity contribution < 1.29 is 22.0 Å².